The molecule has 7 heteroatoms. The summed E-state index contributed by atoms with van der Waals surface area (Å²) >= 11 is 0. The van der Waals surface area contributed by atoms with Crippen molar-refractivity contribution in [3.8, 4) is 5.69 Å². The maximum Gasteiger partial charge on any atom is 0.275 e. The Hall–Kier alpha value is -2.18. The summed E-state index contributed by atoms with van der Waals surface area (Å²) in [7, 11) is 0. The van der Waals surface area contributed by atoms with E-state index in [4.69, 9.17) is 5.73 Å². The smallest absolute Gasteiger partial charge is 0.275 e. The molecule has 2 aromatic rings. The summed E-state index contributed by atoms with van der Waals surface area (Å²) < 4.78 is 1.59. The van der Waals surface area contributed by atoms with Crippen LogP contribution in [-0.4, -0.2) is 28.8 Å². The molecule has 0 aliphatic carbocycles. The van der Waals surface area contributed by atoms with Gasteiger partial charge >= 0.3 is 0 Å². The number of nitrogens with one attached hydrogen (secondary N) is 1. The summed E-state index contributed by atoms with van der Waals surface area (Å²) in [6.07, 6.45) is 1.61. The monoisotopic (exact) mass is 336 g/mol. The second kappa shape index (κ2) is 9.07. The van der Waals surface area contributed by atoms with E-state index in [0.29, 0.717) is 18.8 Å². The second-order valence-corrected chi connectivity index (χ2v) is 5.00. The first-order valence-electron chi connectivity index (χ1n) is 7.28. The molecule has 23 heavy (non-hydrogen) atoms. The molecule has 3 N–H and O–H groups in total. The lowest BCUT2D eigenvalue weighted by molar-refractivity contribution is 0.0945. The molecule has 2 rings (SSSR count). The zero-order valence-corrected chi connectivity index (χ0v) is 13.8. The van der Waals surface area contributed by atoms with Crippen molar-refractivity contribution in [1.29, 1.82) is 0 Å². The van der Waals surface area contributed by atoms with Crippen LogP contribution in [0, 0.1) is 6.92 Å². The van der Waals surface area contributed by atoms with E-state index in [1.807, 2.05) is 30.3 Å². The molecule has 6 nitrogen and oxygen atoms in total. The average molecular weight is 337 g/mol. The van der Waals surface area contributed by atoms with Gasteiger partial charge in [-0.15, -0.1) is 12.4 Å². The van der Waals surface area contributed by atoms with Crippen molar-refractivity contribution in [2.24, 2.45) is 5.73 Å². The third-order valence-electron chi connectivity index (χ3n) is 3.24. The molecule has 1 aromatic heterocycles. The quantitative estimate of drug-likeness (QED) is 0.781. The topological polar surface area (TPSA) is 90.0 Å². The highest BCUT2D eigenvalue weighted by atomic mass is 35.5. The van der Waals surface area contributed by atoms with Crippen molar-refractivity contribution < 1.29 is 4.79 Å². The van der Waals surface area contributed by atoms with E-state index in [-0.39, 0.29) is 23.5 Å². The van der Waals surface area contributed by atoms with Gasteiger partial charge in [-0.2, -0.15) is 5.10 Å². The SMILES string of the molecule is Cc1cc(=O)c(C(=O)NCCCCN)nn1-c1ccccc1.Cl. The van der Waals surface area contributed by atoms with Crippen molar-refractivity contribution in [3.05, 3.63) is 58.0 Å². The molecule has 0 aliphatic rings. The molecule has 0 radical (unpaired) electrons. The van der Waals surface area contributed by atoms with Gasteiger partial charge in [0.15, 0.2) is 5.69 Å². The number of para-hydroxylation sites is 1. The number of unbranched alkanes of at least 4 members (excludes halogenated alkanes) is 1. The predicted molar refractivity (Wildman–Crippen MR) is 92.4 cm³/mol. The number of benzene rings is 1. The Morgan fingerprint density at radius 2 is 1.96 bits per heavy atom. The fourth-order valence-corrected chi connectivity index (χ4v) is 2.09. The molecule has 0 fully saturated rings. The summed E-state index contributed by atoms with van der Waals surface area (Å²) in [4.78, 5) is 24.1. The van der Waals surface area contributed by atoms with Crippen LogP contribution < -0.4 is 16.5 Å². The zero-order chi connectivity index (χ0) is 15.9. The molecule has 0 saturated carbocycles. The third-order valence-corrected chi connectivity index (χ3v) is 3.24. The van der Waals surface area contributed by atoms with E-state index in [1.165, 1.54) is 6.07 Å². The summed E-state index contributed by atoms with van der Waals surface area (Å²) in [5.74, 6) is -0.452. The minimum absolute atomic E-state index is 0. The first kappa shape index (κ1) is 18.9. The Balaban J connectivity index is 0.00000264. The Morgan fingerprint density at radius 1 is 1.26 bits per heavy atom. The number of aromatic nitrogens is 2. The van der Waals surface area contributed by atoms with Crippen molar-refractivity contribution in [2.45, 2.75) is 19.8 Å². The molecule has 0 spiro atoms. The first-order chi connectivity index (χ1) is 10.6. The van der Waals surface area contributed by atoms with Gasteiger partial charge in [0.25, 0.3) is 5.91 Å². The highest BCUT2D eigenvalue weighted by Crippen LogP contribution is 2.07. The fourth-order valence-electron chi connectivity index (χ4n) is 2.09. The number of amides is 1. The van der Waals surface area contributed by atoms with Crippen LogP contribution in [0.1, 0.15) is 29.0 Å². The van der Waals surface area contributed by atoms with E-state index in [0.717, 1.165) is 18.5 Å². The van der Waals surface area contributed by atoms with Crippen molar-refractivity contribution in [2.75, 3.05) is 13.1 Å². The number of halogens is 1. The lowest BCUT2D eigenvalue weighted by Crippen LogP contribution is -2.32. The van der Waals surface area contributed by atoms with Crippen LogP contribution in [0.2, 0.25) is 0 Å². The number of hydrogen-bond donors (Lipinski definition) is 2. The number of hydrogen-bond acceptors (Lipinski definition) is 4. The zero-order valence-electron chi connectivity index (χ0n) is 13.0. The van der Waals surface area contributed by atoms with Crippen LogP contribution in [-0.2, 0) is 0 Å². The Bertz CT molecular complexity index is 701. The van der Waals surface area contributed by atoms with Crippen molar-refractivity contribution in [1.82, 2.24) is 15.1 Å². The molecule has 0 saturated heterocycles. The van der Waals surface area contributed by atoms with Crippen LogP contribution in [0.5, 0.6) is 0 Å². The molecule has 1 heterocycles. The standard InChI is InChI=1S/C16H20N4O2.ClH/c1-12-11-14(21)15(16(22)18-10-6-5-9-17)19-20(12)13-7-3-2-4-8-13;/h2-4,7-8,11H,5-6,9-10,17H2,1H3,(H,18,22);1H. The molecule has 0 bridgehead atoms. The molecule has 124 valence electrons. The highest BCUT2D eigenvalue weighted by molar-refractivity contribution is 5.92. The van der Waals surface area contributed by atoms with Gasteiger partial charge in [0.2, 0.25) is 5.43 Å². The molecular formula is C16H21ClN4O2. The van der Waals surface area contributed by atoms with E-state index in [9.17, 15) is 9.59 Å². The molecule has 0 aliphatic heterocycles. The maximum atomic E-state index is 12.1. The fraction of sp³-hybridized carbons (Fsp3) is 0.312. The third kappa shape index (κ3) is 4.91. The Labute approximate surface area is 141 Å². The van der Waals surface area contributed by atoms with Crippen LogP contribution in [0.3, 0.4) is 0 Å². The Kier molecular flexibility index (Phi) is 7.44. The lowest BCUT2D eigenvalue weighted by Gasteiger charge is -2.11. The first-order valence-corrected chi connectivity index (χ1v) is 7.28. The minimum atomic E-state index is -0.452. The van der Waals surface area contributed by atoms with Crippen LogP contribution in [0.4, 0.5) is 0 Å². The van der Waals surface area contributed by atoms with Gasteiger partial charge < -0.3 is 11.1 Å². The summed E-state index contributed by atoms with van der Waals surface area (Å²) in [6.45, 7) is 2.85. The average Bonchev–Trinajstić information content (AvgIpc) is 2.52. The van der Waals surface area contributed by atoms with Gasteiger partial charge in [-0.25, -0.2) is 4.68 Å². The van der Waals surface area contributed by atoms with Gasteiger partial charge in [0, 0.05) is 18.3 Å². The van der Waals surface area contributed by atoms with E-state index < -0.39 is 5.91 Å². The summed E-state index contributed by atoms with van der Waals surface area (Å²) in [5, 5.41) is 6.91. The van der Waals surface area contributed by atoms with E-state index in [1.54, 1.807) is 11.6 Å². The highest BCUT2D eigenvalue weighted by Gasteiger charge is 2.14. The van der Waals surface area contributed by atoms with Gasteiger partial charge in [-0.3, -0.25) is 9.59 Å². The molecule has 0 atom stereocenters. The second-order valence-electron chi connectivity index (χ2n) is 5.00. The Morgan fingerprint density at radius 3 is 2.61 bits per heavy atom. The number of nitrogens with zero attached hydrogens (tertiary/aromatic N) is 2. The summed E-state index contributed by atoms with van der Waals surface area (Å²) in [6, 6.07) is 10.8. The van der Waals surface area contributed by atoms with Gasteiger partial charge in [0.1, 0.15) is 0 Å². The molecular weight excluding hydrogens is 316 g/mol. The van der Waals surface area contributed by atoms with Crippen LogP contribution >= 0.6 is 12.4 Å². The molecule has 1 aromatic carbocycles. The maximum absolute atomic E-state index is 12.1. The van der Waals surface area contributed by atoms with Crippen LogP contribution in [0.15, 0.2) is 41.2 Å². The predicted octanol–water partition coefficient (Wildman–Crippen LogP) is 1.43. The number of rotatable bonds is 6. The van der Waals surface area contributed by atoms with Crippen LogP contribution in [0.25, 0.3) is 5.69 Å². The minimum Gasteiger partial charge on any atom is -0.351 e. The number of carbonyl (C=O) groups excluding carboxylic acids is 1. The van der Waals surface area contributed by atoms with E-state index in [2.05, 4.69) is 10.4 Å². The van der Waals surface area contributed by atoms with Gasteiger partial charge in [-0.05, 0) is 38.4 Å². The molecule has 0 unspecified atom stereocenters. The molecule has 1 amide bonds. The van der Waals surface area contributed by atoms with Gasteiger partial charge in [0.05, 0.1) is 5.69 Å². The number of aryl methyl sites for hydroxylation is 1. The number of nitrogens with two attached hydrogens (primary N) is 1. The largest absolute Gasteiger partial charge is 0.351 e. The number of carbonyl (C=O) groups is 1. The lowest BCUT2D eigenvalue weighted by atomic mass is 10.2. The van der Waals surface area contributed by atoms with Crippen molar-refractivity contribution in [3.63, 3.8) is 0 Å². The van der Waals surface area contributed by atoms with Gasteiger partial charge in [-0.1, -0.05) is 18.2 Å². The van der Waals surface area contributed by atoms with Crippen molar-refractivity contribution >= 4 is 18.3 Å². The summed E-state index contributed by atoms with van der Waals surface area (Å²) in [5.41, 5.74) is 6.41. The van der Waals surface area contributed by atoms with E-state index >= 15 is 0 Å². The normalized spacial score (nSPS) is 10.0.